The maximum Gasteiger partial charge on any atom is 0.489 e. The number of furan rings is 1. The monoisotopic (exact) mass is 391 g/mol. The van der Waals surface area contributed by atoms with Crippen molar-refractivity contribution >= 4 is 24.6 Å². The summed E-state index contributed by atoms with van der Waals surface area (Å²) in [6, 6.07) is 18.4. The molecule has 6 nitrogen and oxygen atoms in total. The van der Waals surface area contributed by atoms with Crippen molar-refractivity contribution in [1.82, 2.24) is 5.32 Å². The van der Waals surface area contributed by atoms with Gasteiger partial charge in [0.1, 0.15) is 11.5 Å². The van der Waals surface area contributed by atoms with E-state index < -0.39 is 7.12 Å². The van der Waals surface area contributed by atoms with Crippen LogP contribution in [0.4, 0.5) is 0 Å². The number of hydrogen-bond donors (Lipinski definition) is 3. The van der Waals surface area contributed by atoms with Gasteiger partial charge in [0.15, 0.2) is 0 Å². The van der Waals surface area contributed by atoms with E-state index in [2.05, 4.69) is 5.32 Å². The highest BCUT2D eigenvalue weighted by Gasteiger charge is 2.15. The van der Waals surface area contributed by atoms with Crippen LogP contribution in [0.5, 0.6) is 5.75 Å². The molecule has 7 heteroatoms. The Labute approximate surface area is 169 Å². The number of rotatable bonds is 9. The van der Waals surface area contributed by atoms with Gasteiger partial charge in [-0.15, -0.1) is 0 Å². The van der Waals surface area contributed by atoms with Gasteiger partial charge < -0.3 is 24.5 Å². The quantitative estimate of drug-likeness (QED) is 0.383. The zero-order valence-corrected chi connectivity index (χ0v) is 15.8. The summed E-state index contributed by atoms with van der Waals surface area (Å²) >= 11 is 0. The summed E-state index contributed by atoms with van der Waals surface area (Å²) in [6.07, 6.45) is 5.15. The Morgan fingerprint density at radius 1 is 1.10 bits per heavy atom. The van der Waals surface area contributed by atoms with Crippen molar-refractivity contribution in [2.24, 2.45) is 0 Å². The van der Waals surface area contributed by atoms with Crippen molar-refractivity contribution in [2.75, 3.05) is 6.61 Å². The van der Waals surface area contributed by atoms with Crippen molar-refractivity contribution in [2.45, 2.75) is 13.0 Å². The van der Waals surface area contributed by atoms with Gasteiger partial charge in [0.05, 0.1) is 19.4 Å². The predicted molar refractivity (Wildman–Crippen MR) is 111 cm³/mol. The molecule has 1 heterocycles. The third-order valence-corrected chi connectivity index (χ3v) is 4.27. The predicted octanol–water partition coefficient (Wildman–Crippen LogP) is 1.91. The molecule has 0 saturated carbocycles. The first kappa shape index (κ1) is 20.4. The molecule has 0 aliphatic heterocycles. The molecule has 0 fully saturated rings. The van der Waals surface area contributed by atoms with Crippen LogP contribution in [0.15, 0.2) is 77.4 Å². The molecule has 0 aliphatic carbocycles. The number of amides is 1. The van der Waals surface area contributed by atoms with Crippen LogP contribution in [0.2, 0.25) is 0 Å². The van der Waals surface area contributed by atoms with E-state index in [1.165, 1.54) is 24.0 Å². The van der Waals surface area contributed by atoms with E-state index >= 15 is 0 Å². The van der Waals surface area contributed by atoms with Gasteiger partial charge >= 0.3 is 7.12 Å². The first-order valence-electron chi connectivity index (χ1n) is 9.27. The Hall–Kier alpha value is -3.29. The lowest BCUT2D eigenvalue weighted by molar-refractivity contribution is -0.116. The summed E-state index contributed by atoms with van der Waals surface area (Å²) in [5.74, 6) is 0.906. The van der Waals surface area contributed by atoms with Crippen LogP contribution in [0.1, 0.15) is 16.9 Å². The molecule has 1 aromatic heterocycles. The van der Waals surface area contributed by atoms with E-state index in [-0.39, 0.29) is 17.9 Å². The molecular formula is C22H22BNO5. The largest absolute Gasteiger partial charge is 0.493 e. The van der Waals surface area contributed by atoms with Gasteiger partial charge in [-0.05, 0) is 46.9 Å². The Balaban J connectivity index is 1.62. The Bertz CT molecular complexity index is 939. The molecule has 0 unspecified atom stereocenters. The smallest absolute Gasteiger partial charge is 0.489 e. The highest BCUT2D eigenvalue weighted by atomic mass is 16.5. The minimum Gasteiger partial charge on any atom is -0.493 e. The van der Waals surface area contributed by atoms with E-state index in [1.54, 1.807) is 30.3 Å². The second-order valence-electron chi connectivity index (χ2n) is 6.38. The molecule has 2 aromatic carbocycles. The SMILES string of the molecule is O=C(/C=C/c1cc(OCCc2ccccc2)ccc1B(O)O)NCc1ccco1. The minimum atomic E-state index is -1.65. The average Bonchev–Trinajstić information content (AvgIpc) is 3.25. The van der Waals surface area contributed by atoms with Crippen LogP contribution in [0.25, 0.3) is 6.08 Å². The number of carbonyl (C=O) groups excluding carboxylic acids is 1. The molecule has 29 heavy (non-hydrogen) atoms. The van der Waals surface area contributed by atoms with Crippen molar-refractivity contribution < 1.29 is 24.0 Å². The van der Waals surface area contributed by atoms with Crippen LogP contribution in [-0.2, 0) is 17.8 Å². The Kier molecular flexibility index (Phi) is 7.27. The summed E-state index contributed by atoms with van der Waals surface area (Å²) in [5.41, 5.74) is 1.95. The lowest BCUT2D eigenvalue weighted by atomic mass is 9.77. The number of hydrogen-bond acceptors (Lipinski definition) is 5. The van der Waals surface area contributed by atoms with Crippen LogP contribution < -0.4 is 15.5 Å². The molecule has 1 amide bonds. The zero-order valence-electron chi connectivity index (χ0n) is 15.8. The fourth-order valence-electron chi connectivity index (χ4n) is 2.77. The molecule has 0 spiro atoms. The number of ether oxygens (including phenoxy) is 1. The van der Waals surface area contributed by atoms with E-state index in [0.717, 1.165) is 6.42 Å². The van der Waals surface area contributed by atoms with E-state index in [9.17, 15) is 14.8 Å². The van der Waals surface area contributed by atoms with Gasteiger partial charge in [-0.25, -0.2) is 0 Å². The number of benzene rings is 2. The zero-order chi connectivity index (χ0) is 20.5. The second kappa shape index (κ2) is 10.3. The van der Waals surface area contributed by atoms with Gasteiger partial charge in [0, 0.05) is 12.5 Å². The fraction of sp³-hybridized carbons (Fsp3) is 0.136. The summed E-state index contributed by atoms with van der Waals surface area (Å²) in [5, 5.41) is 21.9. The normalized spacial score (nSPS) is 10.8. The standard InChI is InChI=1S/C22H22BNO5/c25-22(24-16-20-7-4-13-28-20)11-8-18-15-19(9-10-21(18)23(26)27)29-14-12-17-5-2-1-3-6-17/h1-11,13,15,26-27H,12,14,16H2,(H,24,25)/b11-8+. The first-order chi connectivity index (χ1) is 14.1. The molecule has 3 aromatic rings. The van der Waals surface area contributed by atoms with Gasteiger partial charge in [-0.1, -0.05) is 36.4 Å². The molecule has 0 saturated heterocycles. The molecular weight excluding hydrogens is 369 g/mol. The molecule has 148 valence electrons. The molecule has 0 radical (unpaired) electrons. The minimum absolute atomic E-state index is 0.272. The highest BCUT2D eigenvalue weighted by Crippen LogP contribution is 2.14. The van der Waals surface area contributed by atoms with Gasteiger partial charge in [0.25, 0.3) is 0 Å². The third kappa shape index (κ3) is 6.38. The average molecular weight is 391 g/mol. The van der Waals surface area contributed by atoms with Gasteiger partial charge in [-0.2, -0.15) is 0 Å². The van der Waals surface area contributed by atoms with Gasteiger partial charge in [0.2, 0.25) is 5.91 Å². The maximum atomic E-state index is 12.0. The summed E-state index contributed by atoms with van der Waals surface area (Å²) < 4.78 is 10.9. The summed E-state index contributed by atoms with van der Waals surface area (Å²) in [6.45, 7) is 0.756. The Morgan fingerprint density at radius 2 is 1.93 bits per heavy atom. The topological polar surface area (TPSA) is 91.9 Å². The van der Waals surface area contributed by atoms with Crippen molar-refractivity contribution in [3.63, 3.8) is 0 Å². The summed E-state index contributed by atoms with van der Waals surface area (Å²) in [7, 11) is -1.65. The van der Waals surface area contributed by atoms with Crippen LogP contribution in [-0.4, -0.2) is 29.7 Å². The van der Waals surface area contributed by atoms with Crippen LogP contribution in [0.3, 0.4) is 0 Å². The molecule has 3 N–H and O–H groups in total. The Morgan fingerprint density at radius 3 is 2.66 bits per heavy atom. The third-order valence-electron chi connectivity index (χ3n) is 4.27. The molecule has 0 atom stereocenters. The van der Waals surface area contributed by atoms with Crippen molar-refractivity contribution in [1.29, 1.82) is 0 Å². The number of nitrogens with one attached hydrogen (secondary N) is 1. The van der Waals surface area contributed by atoms with Crippen molar-refractivity contribution in [3.8, 4) is 5.75 Å². The lowest BCUT2D eigenvalue weighted by Crippen LogP contribution is -2.32. The maximum absolute atomic E-state index is 12.0. The van der Waals surface area contributed by atoms with Gasteiger partial charge in [-0.3, -0.25) is 4.79 Å². The van der Waals surface area contributed by atoms with Crippen LogP contribution in [0, 0.1) is 0 Å². The van der Waals surface area contributed by atoms with E-state index in [4.69, 9.17) is 9.15 Å². The van der Waals surface area contributed by atoms with Crippen molar-refractivity contribution in [3.05, 3.63) is 89.9 Å². The molecule has 0 bridgehead atoms. The molecule has 3 rings (SSSR count). The lowest BCUT2D eigenvalue weighted by Gasteiger charge is -2.10. The summed E-state index contributed by atoms with van der Waals surface area (Å²) in [4.78, 5) is 12.0. The molecule has 0 aliphatic rings. The first-order valence-corrected chi connectivity index (χ1v) is 9.27. The van der Waals surface area contributed by atoms with E-state index in [1.807, 2.05) is 30.3 Å². The second-order valence-corrected chi connectivity index (χ2v) is 6.38. The number of carbonyl (C=O) groups is 1. The highest BCUT2D eigenvalue weighted by molar-refractivity contribution is 6.59. The van der Waals surface area contributed by atoms with Crippen LogP contribution >= 0.6 is 0 Å². The fourth-order valence-corrected chi connectivity index (χ4v) is 2.77. The van der Waals surface area contributed by atoms with E-state index in [0.29, 0.717) is 23.7 Å².